The zero-order valence-corrected chi connectivity index (χ0v) is 29.0. The summed E-state index contributed by atoms with van der Waals surface area (Å²) in [6, 6.07) is 18.0. The van der Waals surface area contributed by atoms with E-state index in [-0.39, 0.29) is 0 Å². The number of thiophene rings is 2. The van der Waals surface area contributed by atoms with Crippen molar-refractivity contribution in [2.24, 2.45) is 0 Å². The highest BCUT2D eigenvalue weighted by Crippen LogP contribution is 2.55. The van der Waals surface area contributed by atoms with E-state index in [0.29, 0.717) is 22.6 Å². The van der Waals surface area contributed by atoms with E-state index in [1.807, 2.05) is 0 Å². The van der Waals surface area contributed by atoms with Gasteiger partial charge in [0.15, 0.2) is 0 Å². The molecule has 0 radical (unpaired) electrons. The SMILES string of the molecule is Cc1cc(-c2cccs2)cc(-c2cc(-c3cccs3)cc(C)c2OP(C(C)C)C(C)C)c1OP(C(C)C)C(C)C. The van der Waals surface area contributed by atoms with Gasteiger partial charge in [0.1, 0.15) is 11.5 Å². The Hall–Kier alpha value is -1.70. The second-order valence-corrected chi connectivity index (χ2v) is 19.4. The molecule has 0 unspecified atom stereocenters. The minimum absolute atomic E-state index is 0.462. The van der Waals surface area contributed by atoms with Crippen molar-refractivity contribution in [3.8, 4) is 43.5 Å². The first-order valence-electron chi connectivity index (χ1n) is 14.3. The molecule has 4 aromatic rings. The van der Waals surface area contributed by atoms with Gasteiger partial charge in [-0.05, 0) is 83.3 Å². The van der Waals surface area contributed by atoms with Crippen LogP contribution in [0, 0.1) is 13.8 Å². The van der Waals surface area contributed by atoms with E-state index in [0.717, 1.165) is 22.6 Å². The predicted molar refractivity (Wildman–Crippen MR) is 184 cm³/mol. The first-order valence-corrected chi connectivity index (χ1v) is 18.8. The second kappa shape index (κ2) is 13.5. The maximum Gasteiger partial charge on any atom is 0.134 e. The van der Waals surface area contributed by atoms with Crippen LogP contribution in [0.3, 0.4) is 0 Å². The quantitative estimate of drug-likeness (QED) is 0.157. The molecule has 0 aliphatic heterocycles. The lowest BCUT2D eigenvalue weighted by molar-refractivity contribution is 0.581. The first kappa shape index (κ1) is 31.2. The van der Waals surface area contributed by atoms with Crippen molar-refractivity contribution in [1.82, 2.24) is 0 Å². The van der Waals surface area contributed by atoms with Crippen molar-refractivity contribution in [1.29, 1.82) is 0 Å². The molecule has 0 saturated carbocycles. The van der Waals surface area contributed by atoms with Gasteiger partial charge in [-0.3, -0.25) is 0 Å². The molecule has 0 aliphatic carbocycles. The summed E-state index contributed by atoms with van der Waals surface area (Å²) in [5.41, 5.74) is 8.93. The Morgan fingerprint density at radius 1 is 0.550 bits per heavy atom. The minimum atomic E-state index is -0.663. The standard InChI is InChI=1S/C34H44O2P2S2/c1-21(2)37(22(3)4)35-33-25(9)17-27(31-13-11-15-39-31)19-29(33)30-20-28(32-14-12-16-40-32)18-26(10)34(30)36-38(23(5)6)24(7)8/h11-24H,1-10H3. The molecule has 214 valence electrons. The van der Waals surface area contributed by atoms with Crippen molar-refractivity contribution < 1.29 is 9.05 Å². The molecule has 2 nitrogen and oxygen atoms in total. The molecule has 0 amide bonds. The van der Waals surface area contributed by atoms with Crippen LogP contribution in [-0.2, 0) is 0 Å². The van der Waals surface area contributed by atoms with Gasteiger partial charge in [-0.2, -0.15) is 0 Å². The van der Waals surface area contributed by atoms with Gasteiger partial charge in [0.25, 0.3) is 0 Å². The molecule has 0 atom stereocenters. The van der Waals surface area contributed by atoms with E-state index in [9.17, 15) is 0 Å². The first-order chi connectivity index (χ1) is 19.0. The Morgan fingerprint density at radius 3 is 1.18 bits per heavy atom. The van der Waals surface area contributed by atoms with E-state index >= 15 is 0 Å². The molecule has 2 heterocycles. The highest BCUT2D eigenvalue weighted by molar-refractivity contribution is 7.54. The average Bonchev–Trinajstić information content (AvgIpc) is 3.60. The van der Waals surface area contributed by atoms with Crippen molar-refractivity contribution in [2.45, 2.75) is 91.9 Å². The molecule has 40 heavy (non-hydrogen) atoms. The third kappa shape index (κ3) is 7.01. The van der Waals surface area contributed by atoms with Crippen LogP contribution in [0.25, 0.3) is 32.0 Å². The summed E-state index contributed by atoms with van der Waals surface area (Å²) < 4.78 is 14.1. The Kier molecular flexibility index (Phi) is 10.6. The number of hydrogen-bond donors (Lipinski definition) is 0. The van der Waals surface area contributed by atoms with Crippen LogP contribution in [0.5, 0.6) is 11.5 Å². The van der Waals surface area contributed by atoms with Gasteiger partial charge < -0.3 is 9.05 Å². The summed E-state index contributed by atoms with van der Waals surface area (Å²) in [6.45, 7) is 22.7. The third-order valence-electron chi connectivity index (χ3n) is 6.88. The molecular weight excluding hydrogens is 566 g/mol. The molecule has 0 aliphatic rings. The molecule has 2 aromatic carbocycles. The fourth-order valence-electron chi connectivity index (χ4n) is 5.19. The van der Waals surface area contributed by atoms with Crippen LogP contribution in [0.1, 0.15) is 66.5 Å². The van der Waals surface area contributed by atoms with E-state index in [4.69, 9.17) is 9.05 Å². The van der Waals surface area contributed by atoms with Crippen molar-refractivity contribution in [3.05, 3.63) is 70.4 Å². The van der Waals surface area contributed by atoms with Gasteiger partial charge in [-0.15, -0.1) is 22.7 Å². The predicted octanol–water partition coefficient (Wildman–Crippen LogP) is 12.6. The van der Waals surface area contributed by atoms with E-state index in [1.54, 1.807) is 22.7 Å². The van der Waals surface area contributed by atoms with Gasteiger partial charge >= 0.3 is 0 Å². The smallest absolute Gasteiger partial charge is 0.134 e. The fraction of sp³-hybridized carbons (Fsp3) is 0.412. The van der Waals surface area contributed by atoms with Crippen LogP contribution in [0.2, 0.25) is 0 Å². The van der Waals surface area contributed by atoms with Gasteiger partial charge in [-0.25, -0.2) is 0 Å². The summed E-state index contributed by atoms with van der Waals surface area (Å²) in [6.07, 6.45) is 0. The molecule has 6 heteroatoms. The number of aryl methyl sites for hydroxylation is 2. The fourth-order valence-corrected chi connectivity index (χ4v) is 10.7. The lowest BCUT2D eigenvalue weighted by atomic mass is 9.94. The number of hydrogen-bond acceptors (Lipinski definition) is 4. The maximum absolute atomic E-state index is 7.07. The second-order valence-electron chi connectivity index (χ2n) is 11.6. The Bertz CT molecular complexity index is 1270. The molecule has 0 N–H and O–H groups in total. The van der Waals surface area contributed by atoms with Crippen LogP contribution in [-0.4, -0.2) is 22.6 Å². The molecule has 0 bridgehead atoms. The molecule has 2 aromatic heterocycles. The van der Waals surface area contributed by atoms with Crippen LogP contribution >= 0.6 is 39.0 Å². The topological polar surface area (TPSA) is 18.5 Å². The normalized spacial score (nSPS) is 12.1. The van der Waals surface area contributed by atoms with Gasteiger partial charge in [0.05, 0.1) is 16.3 Å². The Labute approximate surface area is 252 Å². The largest absolute Gasteiger partial charge is 0.473 e. The zero-order chi connectivity index (χ0) is 29.1. The Morgan fingerprint density at radius 2 is 0.900 bits per heavy atom. The summed E-state index contributed by atoms with van der Waals surface area (Å²) in [4.78, 5) is 2.54. The molecule has 0 spiro atoms. The molecule has 0 fully saturated rings. The lowest BCUT2D eigenvalue weighted by Gasteiger charge is -2.30. The highest BCUT2D eigenvalue weighted by Gasteiger charge is 2.28. The third-order valence-corrected chi connectivity index (χ3v) is 13.6. The van der Waals surface area contributed by atoms with Crippen molar-refractivity contribution in [3.63, 3.8) is 0 Å². The number of rotatable bonds is 11. The summed E-state index contributed by atoms with van der Waals surface area (Å²) in [5, 5.41) is 4.31. The molecule has 0 saturated heterocycles. The van der Waals surface area contributed by atoms with Gasteiger partial charge in [0, 0.05) is 43.5 Å². The van der Waals surface area contributed by atoms with Crippen LogP contribution in [0.4, 0.5) is 0 Å². The van der Waals surface area contributed by atoms with Crippen LogP contribution in [0.15, 0.2) is 59.3 Å². The number of benzene rings is 2. The van der Waals surface area contributed by atoms with Crippen molar-refractivity contribution >= 4 is 39.0 Å². The van der Waals surface area contributed by atoms with E-state index < -0.39 is 16.3 Å². The zero-order valence-electron chi connectivity index (χ0n) is 25.6. The average molecular weight is 611 g/mol. The van der Waals surface area contributed by atoms with E-state index in [1.165, 1.54) is 32.0 Å². The van der Waals surface area contributed by atoms with Gasteiger partial charge in [0.2, 0.25) is 0 Å². The highest BCUT2D eigenvalue weighted by atomic mass is 32.1. The molecular formula is C34H44O2P2S2. The summed E-state index contributed by atoms with van der Waals surface area (Å²) >= 11 is 3.56. The monoisotopic (exact) mass is 610 g/mol. The minimum Gasteiger partial charge on any atom is -0.473 e. The molecule has 4 rings (SSSR count). The summed E-state index contributed by atoms with van der Waals surface area (Å²) in [5.74, 6) is 2.00. The van der Waals surface area contributed by atoms with Crippen LogP contribution < -0.4 is 9.05 Å². The summed E-state index contributed by atoms with van der Waals surface area (Å²) in [7, 11) is -1.33. The van der Waals surface area contributed by atoms with Gasteiger partial charge in [-0.1, -0.05) is 67.5 Å². The lowest BCUT2D eigenvalue weighted by Crippen LogP contribution is -2.11. The maximum atomic E-state index is 7.07. The van der Waals surface area contributed by atoms with Crippen molar-refractivity contribution in [2.75, 3.05) is 0 Å². The van der Waals surface area contributed by atoms with E-state index in [2.05, 4.69) is 129 Å². The Balaban J connectivity index is 2.02.